The van der Waals surface area contributed by atoms with Crippen molar-refractivity contribution < 1.29 is 29.2 Å². The Labute approximate surface area is 159 Å². The molecule has 0 saturated heterocycles. The summed E-state index contributed by atoms with van der Waals surface area (Å²) in [6.07, 6.45) is 4.43. The lowest BCUT2D eigenvalue weighted by atomic mass is 10.1. The normalized spacial score (nSPS) is 11.6. The molecule has 0 aliphatic carbocycles. The first-order valence-corrected chi connectivity index (χ1v) is 8.35. The summed E-state index contributed by atoms with van der Waals surface area (Å²) in [6, 6.07) is 4.73. The molecule has 0 fully saturated rings. The van der Waals surface area contributed by atoms with Crippen molar-refractivity contribution >= 4 is 6.29 Å². The Kier molecular flexibility index (Phi) is 5.12. The maximum atomic E-state index is 14.6. The summed E-state index contributed by atoms with van der Waals surface area (Å²) in [6.45, 7) is 3.73. The van der Waals surface area contributed by atoms with Gasteiger partial charge in [-0.15, -0.1) is 0 Å². The summed E-state index contributed by atoms with van der Waals surface area (Å²) in [5.41, 5.74) is -0.985. The molecular weight excluding hydrogens is 369 g/mol. The van der Waals surface area contributed by atoms with Gasteiger partial charge in [0.25, 0.3) is 0 Å². The fraction of sp³-hybridized carbons (Fsp3) is 0.211. The highest BCUT2D eigenvalue weighted by Crippen LogP contribution is 2.34. The molecule has 3 aromatic rings. The van der Waals surface area contributed by atoms with E-state index in [2.05, 4.69) is 9.97 Å². The van der Waals surface area contributed by atoms with E-state index >= 15 is 0 Å². The van der Waals surface area contributed by atoms with Crippen LogP contribution in [0.3, 0.4) is 0 Å². The predicted molar refractivity (Wildman–Crippen MR) is 95.6 cm³/mol. The molecule has 146 valence electrons. The number of aliphatic hydroxyl groups is 2. The monoisotopic (exact) mass is 387 g/mol. The molecule has 0 amide bonds. The summed E-state index contributed by atoms with van der Waals surface area (Å²) >= 11 is 0. The van der Waals surface area contributed by atoms with Crippen molar-refractivity contribution in [3.05, 3.63) is 65.6 Å². The Morgan fingerprint density at radius 3 is 2.64 bits per heavy atom. The smallest absolute Gasteiger partial charge is 0.358 e. The lowest BCUT2D eigenvalue weighted by molar-refractivity contribution is -0.305. The van der Waals surface area contributed by atoms with Gasteiger partial charge in [-0.25, -0.2) is 14.4 Å². The number of hydrogen-bond acceptors (Lipinski definition) is 7. The van der Waals surface area contributed by atoms with Gasteiger partial charge in [-0.1, -0.05) is 19.9 Å². The van der Waals surface area contributed by atoms with Gasteiger partial charge < -0.3 is 20.1 Å². The molecule has 0 aliphatic heterocycles. The van der Waals surface area contributed by atoms with Crippen molar-refractivity contribution in [1.82, 2.24) is 14.5 Å². The lowest BCUT2D eigenvalue weighted by Gasteiger charge is -2.26. The minimum Gasteiger partial charge on any atom is -0.507 e. The Bertz CT molecular complexity index is 1020. The van der Waals surface area contributed by atoms with E-state index in [1.54, 1.807) is 0 Å². The zero-order valence-electron chi connectivity index (χ0n) is 15.1. The first-order valence-electron chi connectivity index (χ1n) is 8.35. The first kappa shape index (κ1) is 19.5. The number of aldehydes is 1. The zero-order chi connectivity index (χ0) is 20.5. The van der Waals surface area contributed by atoms with Crippen LogP contribution in [0.2, 0.25) is 0 Å². The van der Waals surface area contributed by atoms with E-state index in [1.807, 2.05) is 13.8 Å². The maximum Gasteiger partial charge on any atom is 0.358 e. The van der Waals surface area contributed by atoms with Crippen molar-refractivity contribution in [3.63, 3.8) is 0 Å². The highest BCUT2D eigenvalue weighted by molar-refractivity contribution is 5.83. The molecule has 2 aromatic heterocycles. The molecule has 1 aromatic carbocycles. The number of imidazole rings is 1. The number of hydrogen-bond donors (Lipinski definition) is 3. The molecule has 0 spiro atoms. The summed E-state index contributed by atoms with van der Waals surface area (Å²) in [5, 5.41) is 30.9. The third-order valence-electron chi connectivity index (χ3n) is 4.03. The Balaban J connectivity index is 2.14. The average Bonchev–Trinajstić information content (AvgIpc) is 3.11. The SMILES string of the molecule is CC(C)c1nccn1-c1nccc(F)c1C(O)(O)Oc1cccc(O)c1C=O. The third kappa shape index (κ3) is 3.45. The van der Waals surface area contributed by atoms with Crippen LogP contribution in [0.25, 0.3) is 5.82 Å². The molecule has 0 unspecified atom stereocenters. The second-order valence-electron chi connectivity index (χ2n) is 6.32. The van der Waals surface area contributed by atoms with Gasteiger partial charge in [0.05, 0.1) is 5.56 Å². The van der Waals surface area contributed by atoms with E-state index in [4.69, 9.17) is 4.74 Å². The number of pyridine rings is 1. The summed E-state index contributed by atoms with van der Waals surface area (Å²) < 4.78 is 21.2. The van der Waals surface area contributed by atoms with Crippen molar-refractivity contribution in [2.24, 2.45) is 0 Å². The number of aromatic hydroxyl groups is 1. The van der Waals surface area contributed by atoms with Crippen LogP contribution in [0, 0.1) is 5.82 Å². The molecule has 8 nitrogen and oxygen atoms in total. The van der Waals surface area contributed by atoms with Crippen molar-refractivity contribution in [3.8, 4) is 17.3 Å². The molecule has 0 aliphatic rings. The number of carbonyl (C=O) groups excluding carboxylic acids is 1. The van der Waals surface area contributed by atoms with Gasteiger partial charge in [-0.3, -0.25) is 9.36 Å². The number of aromatic nitrogens is 3. The number of ether oxygens (including phenoxy) is 1. The van der Waals surface area contributed by atoms with E-state index in [1.165, 1.54) is 41.4 Å². The van der Waals surface area contributed by atoms with E-state index in [0.717, 1.165) is 6.07 Å². The number of carbonyl (C=O) groups is 1. The molecule has 0 radical (unpaired) electrons. The second kappa shape index (κ2) is 7.37. The molecule has 0 atom stereocenters. The Hall–Kier alpha value is -3.30. The third-order valence-corrected chi connectivity index (χ3v) is 4.03. The summed E-state index contributed by atoms with van der Waals surface area (Å²) in [7, 11) is 0. The molecule has 0 bridgehead atoms. The van der Waals surface area contributed by atoms with Gasteiger partial charge >= 0.3 is 5.97 Å². The number of phenolic OH excluding ortho intramolecular Hbond substituents is 1. The van der Waals surface area contributed by atoms with Crippen LogP contribution in [-0.4, -0.2) is 36.1 Å². The van der Waals surface area contributed by atoms with Crippen LogP contribution in [0.1, 0.15) is 41.5 Å². The fourth-order valence-corrected chi connectivity index (χ4v) is 2.78. The summed E-state index contributed by atoms with van der Waals surface area (Å²) in [5.74, 6) is -4.65. The predicted octanol–water partition coefficient (Wildman–Crippen LogP) is 2.22. The van der Waals surface area contributed by atoms with Crippen LogP contribution in [-0.2, 0) is 5.97 Å². The Morgan fingerprint density at radius 1 is 1.21 bits per heavy atom. The average molecular weight is 387 g/mol. The van der Waals surface area contributed by atoms with Gasteiger partial charge in [0.1, 0.15) is 28.7 Å². The van der Waals surface area contributed by atoms with Gasteiger partial charge in [-0.05, 0) is 18.2 Å². The molecule has 0 saturated carbocycles. The van der Waals surface area contributed by atoms with Gasteiger partial charge in [0.2, 0.25) is 0 Å². The number of nitrogens with zero attached hydrogens (tertiary/aromatic N) is 3. The number of benzene rings is 1. The highest BCUT2D eigenvalue weighted by Gasteiger charge is 2.38. The van der Waals surface area contributed by atoms with Gasteiger partial charge in [0, 0.05) is 24.5 Å². The summed E-state index contributed by atoms with van der Waals surface area (Å²) in [4.78, 5) is 19.5. The molecule has 9 heteroatoms. The largest absolute Gasteiger partial charge is 0.507 e. The van der Waals surface area contributed by atoms with Crippen LogP contribution < -0.4 is 4.74 Å². The van der Waals surface area contributed by atoms with E-state index < -0.39 is 23.1 Å². The van der Waals surface area contributed by atoms with Crippen molar-refractivity contribution in [1.29, 1.82) is 0 Å². The zero-order valence-corrected chi connectivity index (χ0v) is 15.1. The van der Waals surface area contributed by atoms with Crippen LogP contribution in [0.5, 0.6) is 11.5 Å². The number of halogens is 1. The van der Waals surface area contributed by atoms with Crippen molar-refractivity contribution in [2.75, 3.05) is 0 Å². The lowest BCUT2D eigenvalue weighted by Crippen LogP contribution is -2.35. The second-order valence-corrected chi connectivity index (χ2v) is 6.32. The number of rotatable bonds is 6. The van der Waals surface area contributed by atoms with Crippen LogP contribution >= 0.6 is 0 Å². The molecule has 28 heavy (non-hydrogen) atoms. The molecule has 3 N–H and O–H groups in total. The number of phenols is 1. The molecule has 3 rings (SSSR count). The van der Waals surface area contributed by atoms with Gasteiger partial charge in [0.15, 0.2) is 12.1 Å². The molecule has 2 heterocycles. The fourth-order valence-electron chi connectivity index (χ4n) is 2.78. The van der Waals surface area contributed by atoms with Crippen LogP contribution in [0.4, 0.5) is 4.39 Å². The van der Waals surface area contributed by atoms with Crippen molar-refractivity contribution in [2.45, 2.75) is 25.7 Å². The van der Waals surface area contributed by atoms with Crippen LogP contribution in [0.15, 0.2) is 42.9 Å². The quantitative estimate of drug-likeness (QED) is 0.438. The Morgan fingerprint density at radius 2 is 1.96 bits per heavy atom. The molecular formula is C19H18FN3O5. The van der Waals surface area contributed by atoms with E-state index in [-0.39, 0.29) is 29.3 Å². The maximum absolute atomic E-state index is 14.6. The van der Waals surface area contributed by atoms with E-state index in [9.17, 15) is 24.5 Å². The topological polar surface area (TPSA) is 118 Å². The minimum atomic E-state index is -3.20. The first-order chi connectivity index (χ1) is 13.3. The minimum absolute atomic E-state index is 0.0617. The standard InChI is InChI=1S/C19H18FN3O5/c1-11(2)17-22-8-9-23(17)18-16(13(20)6-7-21-18)19(26,27)28-15-5-3-4-14(25)12(15)10-24/h3-11,25-27H,1-2H3. The van der Waals surface area contributed by atoms with E-state index in [0.29, 0.717) is 5.82 Å². The van der Waals surface area contributed by atoms with Gasteiger partial charge in [-0.2, -0.15) is 0 Å². The highest BCUT2D eigenvalue weighted by atomic mass is 19.1.